The maximum absolute atomic E-state index is 12.1. The molecule has 0 aromatic rings. The van der Waals surface area contributed by atoms with Gasteiger partial charge in [-0.2, -0.15) is 0 Å². The van der Waals surface area contributed by atoms with Gasteiger partial charge in [-0.15, -0.1) is 0 Å². The van der Waals surface area contributed by atoms with Crippen LogP contribution < -0.4 is 16.0 Å². The van der Waals surface area contributed by atoms with E-state index in [0.29, 0.717) is 174 Å². The summed E-state index contributed by atoms with van der Waals surface area (Å²) in [7, 11) is 10.4. The van der Waals surface area contributed by atoms with Crippen molar-refractivity contribution in [2.24, 2.45) is 17.8 Å². The number of likely N-dealkylation sites (tertiary alicyclic amines) is 1. The average molecular weight is 1830 g/mol. The number of nitrogens with one attached hydrogen (secondary N) is 3. The molecule has 0 aromatic heterocycles. The molecule has 14 amide bonds. The van der Waals surface area contributed by atoms with Crippen molar-refractivity contribution in [3.63, 3.8) is 0 Å². The van der Waals surface area contributed by atoms with Crippen molar-refractivity contribution in [2.75, 3.05) is 160 Å². The van der Waals surface area contributed by atoms with Gasteiger partial charge in [0.05, 0.1) is 0 Å². The van der Waals surface area contributed by atoms with E-state index in [1.807, 2.05) is 220 Å². The first kappa shape index (κ1) is 125. The zero-order chi connectivity index (χ0) is 100. The fourth-order valence-corrected chi connectivity index (χ4v) is 11.1. The van der Waals surface area contributed by atoms with Gasteiger partial charge < -0.3 is 103 Å². The van der Waals surface area contributed by atoms with Crippen LogP contribution in [0.5, 0.6) is 0 Å². The molecule has 3 aliphatic heterocycles. The van der Waals surface area contributed by atoms with Crippen LogP contribution in [0, 0.1) is 17.8 Å². The first-order valence-electron chi connectivity index (χ1n) is 46.0. The molecule has 3 heterocycles. The number of alkyl carbamates (subject to hydrolysis) is 1. The largest absolute Gasteiger partial charge is 0.444 e. The Morgan fingerprint density at radius 2 is 0.602 bits per heavy atom. The van der Waals surface area contributed by atoms with Gasteiger partial charge in [0.2, 0.25) is 41.4 Å². The molecule has 0 unspecified atom stereocenters. The van der Waals surface area contributed by atoms with Gasteiger partial charge in [-0.25, -0.2) is 33.6 Å². The Bertz CT molecular complexity index is 3270. The molecule has 35 nitrogen and oxygen atoms in total. The Balaban J connectivity index is -0.000000701. The first-order chi connectivity index (χ1) is 58.4. The molecular weight excluding hydrogens is 1650 g/mol. The summed E-state index contributed by atoms with van der Waals surface area (Å²) in [4.78, 5) is 181. The molecular formula is C93H180N14O21. The predicted octanol–water partition coefficient (Wildman–Crippen LogP) is 14.5. The summed E-state index contributed by atoms with van der Waals surface area (Å²) in [5.41, 5.74) is -3.31. The van der Waals surface area contributed by atoms with E-state index in [4.69, 9.17) is 33.2 Å². The minimum absolute atomic E-state index is 0.0647. The van der Waals surface area contributed by atoms with Crippen molar-refractivity contribution in [1.29, 1.82) is 0 Å². The number of piperazine rings is 1. The molecule has 0 radical (unpaired) electrons. The Hall–Kier alpha value is -8.82. The molecule has 0 atom stereocenters. The van der Waals surface area contributed by atoms with Crippen LogP contribution in [0.1, 0.15) is 298 Å². The van der Waals surface area contributed by atoms with E-state index in [0.717, 1.165) is 45.1 Å². The van der Waals surface area contributed by atoms with Crippen molar-refractivity contribution in [2.45, 2.75) is 343 Å². The van der Waals surface area contributed by atoms with Gasteiger partial charge in [-0.1, -0.05) is 69.2 Å². The molecule has 3 aliphatic rings. The van der Waals surface area contributed by atoms with Crippen molar-refractivity contribution >= 4 is 84.0 Å². The number of rotatable bonds is 26. The van der Waals surface area contributed by atoms with Crippen LogP contribution >= 0.6 is 0 Å². The average Bonchev–Trinajstić information content (AvgIpc) is 0.932. The zero-order valence-electron chi connectivity index (χ0n) is 86.7. The highest BCUT2D eigenvalue weighted by molar-refractivity contribution is 5.79. The summed E-state index contributed by atoms with van der Waals surface area (Å²) in [6, 6.07) is 0.191. The molecule has 128 heavy (non-hydrogen) atoms. The Morgan fingerprint density at radius 3 is 0.961 bits per heavy atom. The van der Waals surface area contributed by atoms with Crippen LogP contribution in [0.25, 0.3) is 0 Å². The second-order valence-electron chi connectivity index (χ2n) is 40.6. The van der Waals surface area contributed by atoms with Crippen molar-refractivity contribution < 1.29 is 100 Å². The van der Waals surface area contributed by atoms with Gasteiger partial charge in [-0.05, 0) is 202 Å². The highest BCUT2D eigenvalue weighted by Gasteiger charge is 2.32. The fourth-order valence-electron chi connectivity index (χ4n) is 11.1. The second-order valence-corrected chi connectivity index (χ2v) is 40.6. The third-order valence-electron chi connectivity index (χ3n) is 17.8. The Morgan fingerprint density at radius 1 is 0.305 bits per heavy atom. The molecule has 3 N–H and O–H groups in total. The number of piperidine rings is 1. The number of hydrogen-bond donors (Lipinski definition) is 3. The smallest absolute Gasteiger partial charge is 0.410 e. The second kappa shape index (κ2) is 62.5. The molecule has 0 bridgehead atoms. The van der Waals surface area contributed by atoms with E-state index in [-0.39, 0.29) is 84.0 Å². The highest BCUT2D eigenvalue weighted by Crippen LogP contribution is 2.20. The minimum Gasteiger partial charge on any atom is -0.444 e. The quantitative estimate of drug-likeness (QED) is 0.0535. The third-order valence-corrected chi connectivity index (χ3v) is 17.8. The number of carbonyl (C=O) groups excluding carboxylic acids is 14. The molecule has 0 saturated carbocycles. The molecule has 3 fully saturated rings. The SMILES string of the molecule is CC(C)CC(=O)N(C)CCCN(C)C(=O)OC(C)(C)C.CC(C)CC(=O)N1CCCN(C(=O)OC(C)(C)C)CC1.CC(C)CC(=O)NCCCN(C)C(=O)OC(C)(C)C.CCC(=O)N(C)CCCNC(=O)OC(C)(C)C.CCC(=O)N(C)CCN(C)C(=O)OC(C)(C)C.CCC(=O)N1CCN(C(=O)OC(C)(C)C)CC1.CCC(=O)NC1CCN(C(=O)OC(C)(C)C)CC1. The van der Waals surface area contributed by atoms with Crippen LogP contribution in [0.2, 0.25) is 0 Å². The van der Waals surface area contributed by atoms with Crippen LogP contribution in [0.15, 0.2) is 0 Å². The molecule has 3 rings (SSSR count). The molecule has 3 saturated heterocycles. The number of likely N-dealkylation sites (N-methyl/N-ethyl adjacent to an activating group) is 2. The highest BCUT2D eigenvalue weighted by atomic mass is 16.6. The topological polar surface area (TPSA) is 375 Å². The van der Waals surface area contributed by atoms with E-state index >= 15 is 0 Å². The third kappa shape index (κ3) is 70.1. The lowest BCUT2D eigenvalue weighted by atomic mass is 10.1. The molecule has 748 valence electrons. The molecule has 0 spiro atoms. The summed E-state index contributed by atoms with van der Waals surface area (Å²) in [5.74, 6) is 1.91. The molecule has 0 aliphatic carbocycles. The van der Waals surface area contributed by atoms with Crippen LogP contribution in [-0.4, -0.2) is 343 Å². The van der Waals surface area contributed by atoms with Gasteiger partial charge in [0.1, 0.15) is 39.2 Å². The minimum atomic E-state index is -0.490. The van der Waals surface area contributed by atoms with Gasteiger partial charge in [0.15, 0.2) is 0 Å². The normalized spacial score (nSPS) is 13.7. The standard InChI is InChI=1S/C15H28N2O3.C15H30N2O3.C14H28N2O3.C13H24N2O3.C12H22N2O3.2C12H24N2O3/c1-12(2)11-13(18)16-7-6-8-17(10-9-16)14(19)20-15(3,4)5;1-12(2)11-13(18)16(6)9-8-10-17(7)14(19)20-15(3,4)5;1-11(2)10-12(17)15-8-7-9-16(6)13(18)19-14(3,4)5;1-5-11(16)14-10-6-8-15(9-7-10)12(17)18-13(2,3)4;1-5-10(15)13-6-8-14(9-7-13)11(16)17-12(2,3)4;1-7-10(15)13(5)8-9-14(6)11(16)17-12(2,3)4;1-6-10(15)14(5)9-7-8-13-11(16)17-12(2,3)4/h12H,6-11H2,1-5H3;12H,8-11H2,1-7H3;11H,7-10H2,1-6H3,(H,15,17);10H,5-9H2,1-4H3,(H,14,16);5-9H2,1-4H3;7-9H2,1-6H3;6-9H2,1-5H3,(H,13,16). The van der Waals surface area contributed by atoms with Crippen LogP contribution in [0.4, 0.5) is 33.6 Å². The van der Waals surface area contributed by atoms with E-state index in [2.05, 4.69) is 16.0 Å². The van der Waals surface area contributed by atoms with Crippen molar-refractivity contribution in [3.8, 4) is 0 Å². The first-order valence-corrected chi connectivity index (χ1v) is 46.0. The van der Waals surface area contributed by atoms with E-state index in [1.54, 1.807) is 81.5 Å². The summed E-state index contributed by atoms with van der Waals surface area (Å²) < 4.78 is 36.8. The summed E-state index contributed by atoms with van der Waals surface area (Å²) in [6.07, 6.45) is 6.02. The van der Waals surface area contributed by atoms with Gasteiger partial charge in [0, 0.05) is 211 Å². The van der Waals surface area contributed by atoms with Crippen LogP contribution in [-0.2, 0) is 66.7 Å². The monoisotopic (exact) mass is 1830 g/mol. The number of carbonyl (C=O) groups is 14. The molecule has 35 heteroatoms. The fraction of sp³-hybridized carbons (Fsp3) is 0.849. The van der Waals surface area contributed by atoms with Crippen molar-refractivity contribution in [1.82, 2.24) is 69.8 Å². The van der Waals surface area contributed by atoms with Gasteiger partial charge in [-0.3, -0.25) is 33.6 Å². The Labute approximate surface area is 771 Å². The molecule has 0 aromatic carbocycles. The summed E-state index contributed by atoms with van der Waals surface area (Å²) in [5, 5.41) is 8.45. The lowest BCUT2D eigenvalue weighted by Crippen LogP contribution is -2.51. The van der Waals surface area contributed by atoms with Gasteiger partial charge in [0.25, 0.3) is 0 Å². The number of nitrogens with zero attached hydrogens (tertiary/aromatic N) is 11. The van der Waals surface area contributed by atoms with Gasteiger partial charge >= 0.3 is 42.7 Å². The summed E-state index contributed by atoms with van der Waals surface area (Å²) >= 11 is 0. The zero-order valence-corrected chi connectivity index (χ0v) is 86.7. The predicted molar refractivity (Wildman–Crippen MR) is 502 cm³/mol. The maximum Gasteiger partial charge on any atom is 0.410 e. The van der Waals surface area contributed by atoms with Crippen molar-refractivity contribution in [3.05, 3.63) is 0 Å². The Kier molecular flexibility index (Phi) is 61.2. The van der Waals surface area contributed by atoms with E-state index < -0.39 is 45.3 Å². The number of hydrogen-bond acceptors (Lipinski definition) is 21. The van der Waals surface area contributed by atoms with E-state index in [1.165, 1.54) is 9.80 Å². The number of amides is 14. The van der Waals surface area contributed by atoms with Crippen LogP contribution in [0.3, 0.4) is 0 Å². The maximum atomic E-state index is 12.1. The van der Waals surface area contributed by atoms with E-state index in [9.17, 15) is 67.1 Å². The lowest BCUT2D eigenvalue weighted by molar-refractivity contribution is -0.133. The lowest BCUT2D eigenvalue weighted by Gasteiger charge is -2.35. The summed E-state index contributed by atoms with van der Waals surface area (Å²) in [6.45, 7) is 68.9. The number of ether oxygens (including phenoxy) is 7.